The van der Waals surface area contributed by atoms with Gasteiger partial charge in [-0.15, -0.1) is 0 Å². The summed E-state index contributed by atoms with van der Waals surface area (Å²) in [7, 11) is 0. The van der Waals surface area contributed by atoms with Crippen molar-refractivity contribution in [2.45, 2.75) is 5.25 Å². The molecule has 0 aliphatic carbocycles. The number of hydrogen-bond donors (Lipinski definition) is 2. The normalized spacial score (nSPS) is 20.7. The third kappa shape index (κ3) is 3.43. The van der Waals surface area contributed by atoms with Gasteiger partial charge in [0.1, 0.15) is 5.82 Å². The highest BCUT2D eigenvalue weighted by atomic mass is 79.9. The fourth-order valence-corrected chi connectivity index (χ4v) is 4.31. The maximum Gasteiger partial charge on any atom is 0.221 e. The molecule has 7 heteroatoms. The Morgan fingerprint density at radius 3 is 3.19 bits per heavy atom. The zero-order valence-corrected chi connectivity index (χ0v) is 11.9. The molecule has 0 aromatic carbocycles. The van der Waals surface area contributed by atoms with Gasteiger partial charge in [-0.1, -0.05) is 0 Å². The summed E-state index contributed by atoms with van der Waals surface area (Å²) in [6.07, 6.45) is 1.67. The number of hydrogen-bond acceptors (Lipinski definition) is 6. The zero-order valence-electron chi connectivity index (χ0n) is 8.65. The number of rotatable bonds is 3. The van der Waals surface area contributed by atoms with E-state index in [0.29, 0.717) is 11.2 Å². The minimum absolute atomic E-state index is 0.302. The van der Waals surface area contributed by atoms with Crippen molar-refractivity contribution < 1.29 is 0 Å². The first-order chi connectivity index (χ1) is 7.75. The monoisotopic (exact) mass is 320 g/mol. The second-order valence-corrected chi connectivity index (χ2v) is 6.79. The lowest BCUT2D eigenvalue weighted by atomic mass is 10.4. The average Bonchev–Trinajstić information content (AvgIpc) is 2.32. The molecule has 88 valence electrons. The summed E-state index contributed by atoms with van der Waals surface area (Å²) in [5.74, 6) is 4.80. The van der Waals surface area contributed by atoms with Crippen LogP contribution in [0.5, 0.6) is 0 Å². The first-order valence-corrected chi connectivity index (χ1v) is 7.96. The van der Waals surface area contributed by atoms with Crippen LogP contribution in [0.25, 0.3) is 0 Å². The van der Waals surface area contributed by atoms with Crippen molar-refractivity contribution in [2.24, 2.45) is 0 Å². The van der Waals surface area contributed by atoms with Gasteiger partial charge >= 0.3 is 0 Å². The Morgan fingerprint density at radius 1 is 1.56 bits per heavy atom. The highest BCUT2D eigenvalue weighted by Crippen LogP contribution is 2.25. The smallest absolute Gasteiger partial charge is 0.221 e. The minimum atomic E-state index is 0.302. The van der Waals surface area contributed by atoms with Crippen LogP contribution < -0.4 is 11.1 Å². The molecule has 0 spiro atoms. The quantitative estimate of drug-likeness (QED) is 0.889. The van der Waals surface area contributed by atoms with Gasteiger partial charge in [0.25, 0.3) is 0 Å². The lowest BCUT2D eigenvalue weighted by molar-refractivity contribution is 0.986. The van der Waals surface area contributed by atoms with Crippen molar-refractivity contribution in [1.29, 1.82) is 0 Å². The molecule has 2 heterocycles. The lowest BCUT2D eigenvalue weighted by Gasteiger charge is -2.21. The molecule has 1 atom stereocenters. The molecule has 1 unspecified atom stereocenters. The Balaban J connectivity index is 1.90. The molecular formula is C9H13BrN4S2. The van der Waals surface area contributed by atoms with E-state index in [9.17, 15) is 0 Å². The van der Waals surface area contributed by atoms with Crippen molar-refractivity contribution in [3.63, 3.8) is 0 Å². The zero-order chi connectivity index (χ0) is 11.4. The van der Waals surface area contributed by atoms with E-state index in [1.54, 1.807) is 6.20 Å². The fraction of sp³-hybridized carbons (Fsp3) is 0.556. The topological polar surface area (TPSA) is 63.8 Å². The Labute approximate surface area is 112 Å². The van der Waals surface area contributed by atoms with Crippen LogP contribution in [0.15, 0.2) is 10.7 Å². The Kier molecular flexibility index (Phi) is 4.60. The van der Waals surface area contributed by atoms with Gasteiger partial charge in [-0.3, -0.25) is 0 Å². The molecule has 1 fully saturated rings. The SMILES string of the molecule is Nc1ncc(Br)c(NCC2CSCCS2)n1. The molecule has 0 amide bonds. The van der Waals surface area contributed by atoms with E-state index in [-0.39, 0.29) is 0 Å². The number of anilines is 2. The van der Waals surface area contributed by atoms with Crippen LogP contribution in [0.4, 0.5) is 11.8 Å². The minimum Gasteiger partial charge on any atom is -0.368 e. The Morgan fingerprint density at radius 2 is 2.44 bits per heavy atom. The van der Waals surface area contributed by atoms with Gasteiger partial charge in [-0.05, 0) is 15.9 Å². The van der Waals surface area contributed by atoms with Gasteiger partial charge in [0.2, 0.25) is 5.95 Å². The van der Waals surface area contributed by atoms with Crippen molar-refractivity contribution in [1.82, 2.24) is 9.97 Å². The van der Waals surface area contributed by atoms with E-state index in [1.807, 2.05) is 23.5 Å². The highest BCUT2D eigenvalue weighted by Gasteiger charge is 2.14. The molecular weight excluding hydrogens is 308 g/mol. The number of nitrogens with two attached hydrogens (primary N) is 1. The van der Waals surface area contributed by atoms with Gasteiger partial charge in [-0.2, -0.15) is 28.5 Å². The predicted molar refractivity (Wildman–Crippen MR) is 76.2 cm³/mol. The van der Waals surface area contributed by atoms with Crippen molar-refractivity contribution >= 4 is 51.2 Å². The first-order valence-electron chi connectivity index (χ1n) is 4.97. The summed E-state index contributed by atoms with van der Waals surface area (Å²) in [5.41, 5.74) is 5.54. The third-order valence-electron chi connectivity index (χ3n) is 2.14. The average molecular weight is 321 g/mol. The molecule has 1 aliphatic heterocycles. The van der Waals surface area contributed by atoms with Crippen LogP contribution in [-0.4, -0.2) is 39.0 Å². The largest absolute Gasteiger partial charge is 0.368 e. The maximum absolute atomic E-state index is 5.54. The molecule has 3 N–H and O–H groups in total. The van der Waals surface area contributed by atoms with E-state index >= 15 is 0 Å². The van der Waals surface area contributed by atoms with E-state index in [0.717, 1.165) is 16.8 Å². The number of aromatic nitrogens is 2. The van der Waals surface area contributed by atoms with Crippen molar-refractivity contribution in [2.75, 3.05) is 34.9 Å². The summed E-state index contributed by atoms with van der Waals surface area (Å²) in [6.45, 7) is 0.923. The second-order valence-electron chi connectivity index (χ2n) is 3.37. The van der Waals surface area contributed by atoms with Crippen LogP contribution in [-0.2, 0) is 0 Å². The molecule has 0 bridgehead atoms. The second kappa shape index (κ2) is 5.97. The third-order valence-corrected chi connectivity index (χ3v) is 5.57. The summed E-state index contributed by atoms with van der Waals surface area (Å²) in [6, 6.07) is 0. The molecule has 2 rings (SSSR count). The van der Waals surface area contributed by atoms with Crippen molar-refractivity contribution in [3.05, 3.63) is 10.7 Å². The van der Waals surface area contributed by atoms with Crippen molar-refractivity contribution in [3.8, 4) is 0 Å². The van der Waals surface area contributed by atoms with Gasteiger partial charge < -0.3 is 11.1 Å². The number of halogens is 1. The predicted octanol–water partition coefficient (Wildman–Crippen LogP) is 2.08. The van der Waals surface area contributed by atoms with E-state index in [4.69, 9.17) is 5.73 Å². The Hall–Kier alpha value is -0.140. The summed E-state index contributed by atoms with van der Waals surface area (Å²) in [5, 5.41) is 3.97. The molecule has 1 aliphatic rings. The lowest BCUT2D eigenvalue weighted by Crippen LogP contribution is -2.23. The molecule has 4 nitrogen and oxygen atoms in total. The summed E-state index contributed by atoms with van der Waals surface area (Å²) >= 11 is 7.44. The van der Waals surface area contributed by atoms with Gasteiger partial charge in [-0.25, -0.2) is 4.98 Å². The van der Waals surface area contributed by atoms with E-state index in [1.165, 1.54) is 17.3 Å². The Bertz CT molecular complexity index is 357. The van der Waals surface area contributed by atoms with Gasteiger partial charge in [0.05, 0.1) is 4.47 Å². The first kappa shape index (κ1) is 12.3. The number of nitrogen functional groups attached to an aromatic ring is 1. The summed E-state index contributed by atoms with van der Waals surface area (Å²) in [4.78, 5) is 8.05. The maximum atomic E-state index is 5.54. The molecule has 16 heavy (non-hydrogen) atoms. The molecule has 0 radical (unpaired) electrons. The molecule has 1 saturated heterocycles. The van der Waals surface area contributed by atoms with Gasteiger partial charge in [0.15, 0.2) is 0 Å². The van der Waals surface area contributed by atoms with E-state index < -0.39 is 0 Å². The van der Waals surface area contributed by atoms with Crippen LogP contribution in [0.3, 0.4) is 0 Å². The standard InChI is InChI=1S/C9H13BrN4S2/c10-7-4-13-9(11)14-8(7)12-3-6-5-15-1-2-16-6/h4,6H,1-3,5H2,(H3,11,12,13,14). The summed E-state index contributed by atoms with van der Waals surface area (Å²) < 4.78 is 0.857. The number of nitrogens with zero attached hydrogens (tertiary/aromatic N) is 2. The number of thioether (sulfide) groups is 2. The molecule has 0 saturated carbocycles. The van der Waals surface area contributed by atoms with E-state index in [2.05, 4.69) is 31.2 Å². The van der Waals surface area contributed by atoms with Crippen LogP contribution in [0.2, 0.25) is 0 Å². The van der Waals surface area contributed by atoms with Crippen LogP contribution in [0.1, 0.15) is 0 Å². The van der Waals surface area contributed by atoms with Crippen LogP contribution >= 0.6 is 39.5 Å². The highest BCUT2D eigenvalue weighted by molar-refractivity contribution is 9.10. The fourth-order valence-electron chi connectivity index (χ4n) is 1.37. The molecule has 1 aromatic heterocycles. The molecule has 1 aromatic rings. The number of nitrogens with one attached hydrogen (secondary N) is 1. The van der Waals surface area contributed by atoms with Crippen LogP contribution in [0, 0.1) is 0 Å². The van der Waals surface area contributed by atoms with Gasteiger partial charge in [0, 0.05) is 35.3 Å².